The van der Waals surface area contributed by atoms with E-state index in [0.29, 0.717) is 30.3 Å². The number of carbonyl (C=O) groups excluding carboxylic acids is 1. The fourth-order valence-corrected chi connectivity index (χ4v) is 3.20. The first-order valence-electron chi connectivity index (χ1n) is 9.49. The molecule has 2 N–H and O–H groups in total. The third-order valence-electron chi connectivity index (χ3n) is 4.81. The molecule has 1 amide bonds. The van der Waals surface area contributed by atoms with Crippen molar-refractivity contribution in [3.8, 4) is 5.75 Å². The molecule has 0 saturated heterocycles. The van der Waals surface area contributed by atoms with E-state index in [1.165, 1.54) is 19.2 Å². The average Bonchev–Trinajstić information content (AvgIpc) is 3.38. The van der Waals surface area contributed by atoms with Gasteiger partial charge in [-0.25, -0.2) is 4.79 Å². The third kappa shape index (κ3) is 4.35. The maximum atomic E-state index is 12.6. The SMILES string of the molecule is COc1cc(C(=O)O)ccc1CCNC(=O)c1cc(C2CC2)n(C(C)(C)C)n1. The van der Waals surface area contributed by atoms with Gasteiger partial charge in [-0.3, -0.25) is 9.48 Å². The highest BCUT2D eigenvalue weighted by molar-refractivity contribution is 5.92. The number of amides is 1. The van der Waals surface area contributed by atoms with Crippen LogP contribution in [0.5, 0.6) is 5.75 Å². The molecule has 1 aromatic carbocycles. The van der Waals surface area contributed by atoms with E-state index in [0.717, 1.165) is 24.1 Å². The molecule has 7 nitrogen and oxygen atoms in total. The van der Waals surface area contributed by atoms with Crippen LogP contribution in [0.15, 0.2) is 24.3 Å². The van der Waals surface area contributed by atoms with Crippen molar-refractivity contribution < 1.29 is 19.4 Å². The van der Waals surface area contributed by atoms with Crippen LogP contribution in [0.2, 0.25) is 0 Å². The zero-order chi connectivity index (χ0) is 20.5. The molecule has 28 heavy (non-hydrogen) atoms. The third-order valence-corrected chi connectivity index (χ3v) is 4.81. The molecule has 1 aliphatic rings. The van der Waals surface area contributed by atoms with E-state index in [4.69, 9.17) is 9.84 Å². The van der Waals surface area contributed by atoms with E-state index in [2.05, 4.69) is 31.2 Å². The number of benzene rings is 1. The summed E-state index contributed by atoms with van der Waals surface area (Å²) in [7, 11) is 1.50. The summed E-state index contributed by atoms with van der Waals surface area (Å²) in [5.41, 5.74) is 2.40. The van der Waals surface area contributed by atoms with Crippen LogP contribution in [0.4, 0.5) is 0 Å². The maximum Gasteiger partial charge on any atom is 0.335 e. The van der Waals surface area contributed by atoms with Gasteiger partial charge in [0.2, 0.25) is 0 Å². The van der Waals surface area contributed by atoms with Crippen LogP contribution in [0, 0.1) is 0 Å². The van der Waals surface area contributed by atoms with Crippen LogP contribution in [0.25, 0.3) is 0 Å². The normalized spacial score (nSPS) is 14.0. The molecular formula is C21H27N3O4. The molecule has 0 aliphatic heterocycles. The topological polar surface area (TPSA) is 93.5 Å². The van der Waals surface area contributed by atoms with Crippen molar-refractivity contribution in [2.45, 2.75) is 51.5 Å². The molecule has 1 fully saturated rings. The number of aromatic carboxylic acids is 1. The first-order chi connectivity index (χ1) is 13.2. The molecule has 1 saturated carbocycles. The quantitative estimate of drug-likeness (QED) is 0.763. The molecular weight excluding hydrogens is 358 g/mol. The average molecular weight is 385 g/mol. The van der Waals surface area contributed by atoms with E-state index in [1.807, 2.05) is 10.7 Å². The molecule has 7 heteroatoms. The maximum absolute atomic E-state index is 12.6. The van der Waals surface area contributed by atoms with Crippen LogP contribution < -0.4 is 10.1 Å². The summed E-state index contributed by atoms with van der Waals surface area (Å²) in [6.45, 7) is 6.66. The summed E-state index contributed by atoms with van der Waals surface area (Å²) >= 11 is 0. The number of carboxylic acid groups (broad SMARTS) is 1. The predicted molar refractivity (Wildman–Crippen MR) is 105 cm³/mol. The molecule has 150 valence electrons. The molecule has 1 aromatic heterocycles. The summed E-state index contributed by atoms with van der Waals surface area (Å²) in [4.78, 5) is 23.6. The Morgan fingerprint density at radius 3 is 2.57 bits per heavy atom. The Balaban J connectivity index is 1.66. The lowest BCUT2D eigenvalue weighted by molar-refractivity contribution is 0.0696. The zero-order valence-electron chi connectivity index (χ0n) is 16.8. The molecule has 0 radical (unpaired) electrons. The second-order valence-corrected chi connectivity index (χ2v) is 8.15. The van der Waals surface area contributed by atoms with Crippen LogP contribution in [0.3, 0.4) is 0 Å². The van der Waals surface area contributed by atoms with Gasteiger partial charge in [0.15, 0.2) is 0 Å². The van der Waals surface area contributed by atoms with Crippen molar-refractivity contribution in [2.24, 2.45) is 0 Å². The summed E-state index contributed by atoms with van der Waals surface area (Å²) in [6.07, 6.45) is 2.83. The number of carbonyl (C=O) groups is 2. The molecule has 1 heterocycles. The Morgan fingerprint density at radius 2 is 2.00 bits per heavy atom. The second kappa shape index (κ2) is 7.66. The minimum Gasteiger partial charge on any atom is -0.496 e. The number of nitrogens with zero attached hydrogens (tertiary/aromatic N) is 2. The molecule has 0 unspecified atom stereocenters. The largest absolute Gasteiger partial charge is 0.496 e. The van der Waals surface area contributed by atoms with Gasteiger partial charge in [-0.15, -0.1) is 0 Å². The van der Waals surface area contributed by atoms with Gasteiger partial charge in [-0.2, -0.15) is 5.10 Å². The number of rotatable bonds is 7. The van der Waals surface area contributed by atoms with Gasteiger partial charge >= 0.3 is 5.97 Å². The number of hydrogen-bond donors (Lipinski definition) is 2. The van der Waals surface area contributed by atoms with Gasteiger partial charge < -0.3 is 15.2 Å². The van der Waals surface area contributed by atoms with Crippen LogP contribution >= 0.6 is 0 Å². The Kier molecular flexibility index (Phi) is 5.45. The van der Waals surface area contributed by atoms with Gasteiger partial charge in [0.25, 0.3) is 5.91 Å². The summed E-state index contributed by atoms with van der Waals surface area (Å²) in [5.74, 6) is -0.197. The molecule has 3 rings (SSSR count). The Labute approximate surface area is 164 Å². The van der Waals surface area contributed by atoms with E-state index in [9.17, 15) is 9.59 Å². The Hall–Kier alpha value is -2.83. The lowest BCUT2D eigenvalue weighted by Crippen LogP contribution is -2.28. The van der Waals surface area contributed by atoms with Gasteiger partial charge in [0.05, 0.1) is 18.2 Å². The van der Waals surface area contributed by atoms with Gasteiger partial charge in [-0.1, -0.05) is 6.07 Å². The lowest BCUT2D eigenvalue weighted by atomic mass is 10.1. The van der Waals surface area contributed by atoms with Gasteiger partial charge in [0, 0.05) is 18.2 Å². The predicted octanol–water partition coefficient (Wildman–Crippen LogP) is 3.19. The highest BCUT2D eigenvalue weighted by atomic mass is 16.5. The fraction of sp³-hybridized carbons (Fsp3) is 0.476. The van der Waals surface area contributed by atoms with Crippen molar-refractivity contribution in [3.05, 3.63) is 46.8 Å². The van der Waals surface area contributed by atoms with Crippen molar-refractivity contribution in [3.63, 3.8) is 0 Å². The van der Waals surface area contributed by atoms with Crippen LogP contribution in [-0.4, -0.2) is 40.4 Å². The van der Waals surface area contributed by atoms with Crippen molar-refractivity contribution in [1.29, 1.82) is 0 Å². The zero-order valence-corrected chi connectivity index (χ0v) is 16.8. The van der Waals surface area contributed by atoms with E-state index in [-0.39, 0.29) is 17.0 Å². The summed E-state index contributed by atoms with van der Waals surface area (Å²) in [5, 5.41) is 16.5. The number of methoxy groups -OCH3 is 1. The Morgan fingerprint density at radius 1 is 1.29 bits per heavy atom. The standard InChI is InChI=1S/C21H27N3O4/c1-21(2,3)24-17(13-5-6-13)12-16(23-24)19(25)22-10-9-14-7-8-15(20(26)27)11-18(14)28-4/h7-8,11-13H,5-6,9-10H2,1-4H3,(H,22,25)(H,26,27). The highest BCUT2D eigenvalue weighted by Gasteiger charge is 2.32. The van der Waals surface area contributed by atoms with E-state index in [1.54, 1.807) is 6.07 Å². The van der Waals surface area contributed by atoms with Gasteiger partial charge in [0.1, 0.15) is 11.4 Å². The van der Waals surface area contributed by atoms with Crippen molar-refractivity contribution in [1.82, 2.24) is 15.1 Å². The van der Waals surface area contributed by atoms with E-state index < -0.39 is 5.97 Å². The first kappa shape index (κ1) is 19.9. The minimum atomic E-state index is -1.00. The first-order valence-corrected chi connectivity index (χ1v) is 9.49. The number of carboxylic acids is 1. The van der Waals surface area contributed by atoms with E-state index >= 15 is 0 Å². The number of nitrogens with one attached hydrogen (secondary N) is 1. The smallest absolute Gasteiger partial charge is 0.335 e. The molecule has 2 aromatic rings. The van der Waals surface area contributed by atoms with Crippen LogP contribution in [-0.2, 0) is 12.0 Å². The molecule has 0 bridgehead atoms. The molecule has 1 aliphatic carbocycles. The lowest BCUT2D eigenvalue weighted by Gasteiger charge is -2.22. The van der Waals surface area contributed by atoms with Crippen molar-refractivity contribution >= 4 is 11.9 Å². The highest BCUT2D eigenvalue weighted by Crippen LogP contribution is 2.41. The van der Waals surface area contributed by atoms with Crippen molar-refractivity contribution in [2.75, 3.05) is 13.7 Å². The van der Waals surface area contributed by atoms with Gasteiger partial charge in [-0.05, 0) is 63.8 Å². The number of hydrogen-bond acceptors (Lipinski definition) is 4. The summed E-state index contributed by atoms with van der Waals surface area (Å²) < 4.78 is 7.24. The minimum absolute atomic E-state index is 0.171. The van der Waals surface area contributed by atoms with Crippen LogP contribution in [0.1, 0.15) is 71.6 Å². The fourth-order valence-electron chi connectivity index (χ4n) is 3.20. The molecule has 0 spiro atoms. The number of ether oxygens (including phenoxy) is 1. The summed E-state index contributed by atoms with van der Waals surface area (Å²) in [6, 6.07) is 6.65. The monoisotopic (exact) mass is 385 g/mol. The second-order valence-electron chi connectivity index (χ2n) is 8.15. The number of aromatic nitrogens is 2. The molecule has 0 atom stereocenters. The Bertz CT molecular complexity index is 892.